The van der Waals surface area contributed by atoms with Crippen LogP contribution in [0, 0.1) is 5.92 Å². The van der Waals surface area contributed by atoms with Crippen LogP contribution in [0.3, 0.4) is 0 Å². The first kappa shape index (κ1) is 28.5. The first-order valence-electron chi connectivity index (χ1n) is 13.0. The number of hydrogen-bond acceptors (Lipinski definition) is 3. The number of carbonyl (C=O) groups is 3. The third-order valence-corrected chi connectivity index (χ3v) is 6.80. The van der Waals surface area contributed by atoms with Gasteiger partial charge < -0.3 is 15.1 Å². The lowest BCUT2D eigenvalue weighted by atomic mass is 9.91. The van der Waals surface area contributed by atoms with Gasteiger partial charge in [0.15, 0.2) is 0 Å². The van der Waals surface area contributed by atoms with E-state index in [4.69, 9.17) is 0 Å². The fourth-order valence-corrected chi connectivity index (χ4v) is 5.23. The van der Waals surface area contributed by atoms with E-state index in [1.807, 2.05) is 27.7 Å². The van der Waals surface area contributed by atoms with Crippen molar-refractivity contribution in [2.24, 2.45) is 5.92 Å². The van der Waals surface area contributed by atoms with Gasteiger partial charge in [0.05, 0.1) is 29.4 Å². The predicted octanol–water partition coefficient (Wildman–Crippen LogP) is 4.95. The van der Waals surface area contributed by atoms with Crippen LogP contribution in [-0.4, -0.2) is 64.8 Å². The first-order chi connectivity index (χ1) is 17.5. The van der Waals surface area contributed by atoms with E-state index in [9.17, 15) is 27.6 Å². The van der Waals surface area contributed by atoms with E-state index in [2.05, 4.69) is 5.32 Å². The van der Waals surface area contributed by atoms with Gasteiger partial charge in [-0.25, -0.2) is 4.79 Å². The molecule has 1 aromatic carbocycles. The molecule has 0 bridgehead atoms. The first-order valence-corrected chi connectivity index (χ1v) is 13.0. The zero-order valence-electron chi connectivity index (χ0n) is 22.2. The van der Waals surface area contributed by atoms with Crippen LogP contribution >= 0.6 is 0 Å². The van der Waals surface area contributed by atoms with Crippen molar-refractivity contribution in [3.63, 3.8) is 0 Å². The maximum absolute atomic E-state index is 14.0. The highest BCUT2D eigenvalue weighted by atomic mass is 19.4. The zero-order valence-corrected chi connectivity index (χ0v) is 22.2. The molecule has 204 valence electrons. The maximum Gasteiger partial charge on any atom is 0.416 e. The quantitative estimate of drug-likeness (QED) is 0.473. The number of amides is 4. The SMILES string of the molecule is CCCN(CCC)C(=O)C(CC(C)C)N1CC2=C(C1=O)C(c1ccccc1C(F)(F)F)NC(=O)N2CC. The van der Waals surface area contributed by atoms with E-state index in [-0.39, 0.29) is 36.1 Å². The lowest BCUT2D eigenvalue weighted by molar-refractivity contribution is -0.143. The fourth-order valence-electron chi connectivity index (χ4n) is 5.23. The number of benzene rings is 1. The number of carbonyl (C=O) groups excluding carboxylic acids is 3. The summed E-state index contributed by atoms with van der Waals surface area (Å²) in [6.07, 6.45) is -2.73. The molecular weight excluding hydrogens is 485 g/mol. The van der Waals surface area contributed by atoms with Crippen LogP contribution in [-0.2, 0) is 15.8 Å². The normalized spacial score (nSPS) is 18.9. The second kappa shape index (κ2) is 11.6. The predicted molar refractivity (Wildman–Crippen MR) is 134 cm³/mol. The van der Waals surface area contributed by atoms with Crippen LogP contribution in [0.1, 0.15) is 71.0 Å². The van der Waals surface area contributed by atoms with E-state index in [1.54, 1.807) is 11.8 Å². The molecule has 7 nitrogen and oxygen atoms in total. The number of halogens is 3. The molecule has 0 fully saturated rings. The van der Waals surface area contributed by atoms with Crippen molar-refractivity contribution in [2.45, 2.75) is 72.1 Å². The van der Waals surface area contributed by atoms with Crippen molar-refractivity contribution in [2.75, 3.05) is 26.2 Å². The van der Waals surface area contributed by atoms with Crippen molar-refractivity contribution >= 4 is 17.8 Å². The molecule has 10 heteroatoms. The Bertz CT molecular complexity index is 1050. The minimum atomic E-state index is -4.66. The topological polar surface area (TPSA) is 73.0 Å². The number of hydrogen-bond donors (Lipinski definition) is 1. The van der Waals surface area contributed by atoms with Gasteiger partial charge in [0.1, 0.15) is 6.04 Å². The van der Waals surface area contributed by atoms with Crippen LogP contribution in [0.4, 0.5) is 18.0 Å². The van der Waals surface area contributed by atoms with Crippen molar-refractivity contribution in [3.05, 3.63) is 46.7 Å². The van der Waals surface area contributed by atoms with Gasteiger partial charge in [0, 0.05) is 19.6 Å². The number of nitrogens with one attached hydrogen (secondary N) is 1. The van der Waals surface area contributed by atoms with Gasteiger partial charge >= 0.3 is 12.2 Å². The molecule has 0 spiro atoms. The molecule has 1 N–H and O–H groups in total. The van der Waals surface area contributed by atoms with Gasteiger partial charge in [-0.1, -0.05) is 45.9 Å². The summed E-state index contributed by atoms with van der Waals surface area (Å²) >= 11 is 0. The molecule has 2 unspecified atom stereocenters. The van der Waals surface area contributed by atoms with E-state index in [0.29, 0.717) is 25.2 Å². The molecule has 0 saturated carbocycles. The minimum Gasteiger partial charge on any atom is -0.341 e. The summed E-state index contributed by atoms with van der Waals surface area (Å²) in [6, 6.07) is 2.37. The second-order valence-corrected chi connectivity index (χ2v) is 9.98. The van der Waals surface area contributed by atoms with E-state index in [0.717, 1.165) is 18.9 Å². The van der Waals surface area contributed by atoms with Crippen molar-refractivity contribution in [1.82, 2.24) is 20.0 Å². The molecule has 1 aromatic rings. The number of nitrogens with zero attached hydrogens (tertiary/aromatic N) is 3. The van der Waals surface area contributed by atoms with Crippen molar-refractivity contribution in [3.8, 4) is 0 Å². The highest BCUT2D eigenvalue weighted by Crippen LogP contribution is 2.42. The minimum absolute atomic E-state index is 0.00463. The van der Waals surface area contributed by atoms with Gasteiger partial charge in [-0.05, 0) is 43.7 Å². The highest BCUT2D eigenvalue weighted by molar-refractivity contribution is 6.03. The van der Waals surface area contributed by atoms with Crippen molar-refractivity contribution in [1.29, 1.82) is 0 Å². The zero-order chi connectivity index (χ0) is 27.5. The average Bonchev–Trinajstić information content (AvgIpc) is 3.17. The summed E-state index contributed by atoms with van der Waals surface area (Å²) in [4.78, 5) is 45.3. The van der Waals surface area contributed by atoms with Gasteiger partial charge in [-0.2, -0.15) is 13.2 Å². The Hall–Kier alpha value is -3.04. The average molecular weight is 523 g/mol. The molecule has 0 saturated heterocycles. The Kier molecular flexibility index (Phi) is 8.92. The van der Waals surface area contributed by atoms with Crippen LogP contribution in [0.25, 0.3) is 0 Å². The summed E-state index contributed by atoms with van der Waals surface area (Å²) in [5.74, 6) is -0.587. The molecule has 2 aliphatic heterocycles. The number of likely N-dealkylation sites (N-methyl/N-ethyl adjacent to an activating group) is 1. The van der Waals surface area contributed by atoms with E-state index >= 15 is 0 Å². The van der Waals surface area contributed by atoms with Crippen LogP contribution in [0.5, 0.6) is 0 Å². The van der Waals surface area contributed by atoms with Gasteiger partial charge in [0.2, 0.25) is 5.91 Å². The maximum atomic E-state index is 14.0. The summed E-state index contributed by atoms with van der Waals surface area (Å²) in [7, 11) is 0. The lowest BCUT2D eigenvalue weighted by Crippen LogP contribution is -2.51. The van der Waals surface area contributed by atoms with E-state index in [1.165, 1.54) is 28.0 Å². The lowest BCUT2D eigenvalue weighted by Gasteiger charge is -2.34. The van der Waals surface area contributed by atoms with Gasteiger partial charge in [0.25, 0.3) is 5.91 Å². The molecule has 2 atom stereocenters. The molecule has 37 heavy (non-hydrogen) atoms. The second-order valence-electron chi connectivity index (χ2n) is 9.98. The van der Waals surface area contributed by atoms with E-state index < -0.39 is 35.8 Å². The third kappa shape index (κ3) is 5.78. The van der Waals surface area contributed by atoms with Gasteiger partial charge in [-0.3, -0.25) is 14.5 Å². The number of alkyl halides is 3. The standard InChI is InChI=1S/C27H37F3N4O3/c1-6-13-32(14-7-2)24(35)20(15-17(4)5)34-16-21-22(25(34)36)23(31-26(37)33(21)8-3)18-11-9-10-12-19(18)27(28,29)30/h9-12,17,20,23H,6-8,13-16H2,1-5H3,(H,31,37). The Morgan fingerprint density at radius 2 is 1.73 bits per heavy atom. The summed E-state index contributed by atoms with van der Waals surface area (Å²) in [5, 5.41) is 2.63. The Morgan fingerprint density at radius 3 is 2.27 bits per heavy atom. The number of rotatable bonds is 10. The molecule has 0 radical (unpaired) electrons. The van der Waals surface area contributed by atoms with Crippen molar-refractivity contribution < 1.29 is 27.6 Å². The molecular formula is C27H37F3N4O3. The Morgan fingerprint density at radius 1 is 1.11 bits per heavy atom. The molecule has 3 rings (SSSR count). The molecule has 0 aromatic heterocycles. The van der Waals surface area contributed by atoms with Crippen LogP contribution in [0.15, 0.2) is 35.5 Å². The highest BCUT2D eigenvalue weighted by Gasteiger charge is 2.49. The van der Waals surface area contributed by atoms with Crippen LogP contribution in [0.2, 0.25) is 0 Å². The molecule has 4 amide bonds. The van der Waals surface area contributed by atoms with Gasteiger partial charge in [-0.15, -0.1) is 0 Å². The Balaban J connectivity index is 2.09. The summed E-state index contributed by atoms with van der Waals surface area (Å²) < 4.78 is 41.7. The third-order valence-electron chi connectivity index (χ3n) is 6.80. The molecule has 2 aliphatic rings. The number of urea groups is 1. The monoisotopic (exact) mass is 522 g/mol. The summed E-state index contributed by atoms with van der Waals surface area (Å²) in [5.41, 5.74) is -0.642. The largest absolute Gasteiger partial charge is 0.416 e. The smallest absolute Gasteiger partial charge is 0.341 e. The van der Waals surface area contributed by atoms with Crippen LogP contribution < -0.4 is 5.32 Å². The molecule has 2 heterocycles. The fraction of sp³-hybridized carbons (Fsp3) is 0.593. The Labute approximate surface area is 216 Å². The molecule has 0 aliphatic carbocycles. The summed E-state index contributed by atoms with van der Waals surface area (Å²) in [6.45, 7) is 11.0.